The number of halogens is 1. The van der Waals surface area contributed by atoms with Gasteiger partial charge in [0, 0.05) is 16.3 Å². The summed E-state index contributed by atoms with van der Waals surface area (Å²) in [5.74, 6) is -0.424. The van der Waals surface area contributed by atoms with Crippen molar-refractivity contribution in [3.05, 3.63) is 58.6 Å². The highest BCUT2D eigenvalue weighted by atomic mass is 35.5. The third-order valence-electron chi connectivity index (χ3n) is 2.84. The van der Waals surface area contributed by atoms with Gasteiger partial charge in [0.15, 0.2) is 0 Å². The summed E-state index contributed by atoms with van der Waals surface area (Å²) in [6.45, 7) is -0.150. The number of rotatable bonds is 4. The Morgan fingerprint density at radius 2 is 2.00 bits per heavy atom. The van der Waals surface area contributed by atoms with Crippen molar-refractivity contribution < 1.29 is 14.6 Å². The number of nitrogens with one attached hydrogen (secondary N) is 1. The Labute approximate surface area is 122 Å². The molecular formula is C15H14ClNO3. The maximum Gasteiger partial charge on any atom is 0.339 e. The van der Waals surface area contributed by atoms with Crippen LogP contribution in [-0.4, -0.2) is 18.2 Å². The summed E-state index contributed by atoms with van der Waals surface area (Å²) in [6.07, 6.45) is 0. The molecule has 0 atom stereocenters. The summed E-state index contributed by atoms with van der Waals surface area (Å²) in [4.78, 5) is 11.7. The molecule has 0 radical (unpaired) electrons. The van der Waals surface area contributed by atoms with E-state index in [9.17, 15) is 9.90 Å². The molecule has 0 bridgehead atoms. The molecule has 0 aliphatic carbocycles. The molecule has 0 saturated heterocycles. The number of hydrogen-bond donors (Lipinski definition) is 2. The van der Waals surface area contributed by atoms with E-state index in [1.54, 1.807) is 36.4 Å². The predicted octanol–water partition coefficient (Wildman–Crippen LogP) is 3.36. The van der Waals surface area contributed by atoms with Gasteiger partial charge in [0.1, 0.15) is 0 Å². The minimum Gasteiger partial charge on any atom is -0.465 e. The lowest BCUT2D eigenvalue weighted by Gasteiger charge is -2.13. The van der Waals surface area contributed by atoms with Crippen LogP contribution in [0.2, 0.25) is 5.02 Å². The SMILES string of the molecule is COC(=O)c1ccccc1Nc1ccc(Cl)cc1CO. The van der Waals surface area contributed by atoms with Gasteiger partial charge in [-0.1, -0.05) is 23.7 Å². The second kappa shape index (κ2) is 6.41. The molecule has 2 rings (SSSR count). The van der Waals surface area contributed by atoms with Gasteiger partial charge < -0.3 is 15.2 Å². The molecule has 0 unspecified atom stereocenters. The number of anilines is 2. The van der Waals surface area contributed by atoms with Gasteiger partial charge in [-0.15, -0.1) is 0 Å². The predicted molar refractivity (Wildman–Crippen MR) is 78.4 cm³/mol. The van der Waals surface area contributed by atoms with E-state index < -0.39 is 5.97 Å². The number of hydrogen-bond acceptors (Lipinski definition) is 4. The molecule has 4 nitrogen and oxygen atoms in total. The highest BCUT2D eigenvalue weighted by molar-refractivity contribution is 6.30. The van der Waals surface area contributed by atoms with Crippen LogP contribution in [0.5, 0.6) is 0 Å². The topological polar surface area (TPSA) is 58.6 Å². The van der Waals surface area contributed by atoms with Crippen molar-refractivity contribution in [2.24, 2.45) is 0 Å². The van der Waals surface area contributed by atoms with E-state index in [4.69, 9.17) is 16.3 Å². The molecular weight excluding hydrogens is 278 g/mol. The molecule has 0 aromatic heterocycles. The maximum atomic E-state index is 11.7. The van der Waals surface area contributed by atoms with Crippen molar-refractivity contribution >= 4 is 28.9 Å². The van der Waals surface area contributed by atoms with E-state index in [1.165, 1.54) is 7.11 Å². The van der Waals surface area contributed by atoms with Crippen LogP contribution in [0, 0.1) is 0 Å². The zero-order chi connectivity index (χ0) is 14.5. The monoisotopic (exact) mass is 291 g/mol. The number of aliphatic hydroxyl groups is 1. The van der Waals surface area contributed by atoms with Crippen molar-refractivity contribution in [3.63, 3.8) is 0 Å². The number of para-hydroxylation sites is 1. The molecule has 0 fully saturated rings. The van der Waals surface area contributed by atoms with E-state index in [-0.39, 0.29) is 6.61 Å². The number of esters is 1. The summed E-state index contributed by atoms with van der Waals surface area (Å²) >= 11 is 5.89. The molecule has 2 aromatic rings. The van der Waals surface area contributed by atoms with Gasteiger partial charge in [-0.25, -0.2) is 4.79 Å². The Bertz CT molecular complexity index is 628. The Balaban J connectivity index is 2.38. The lowest BCUT2D eigenvalue weighted by Crippen LogP contribution is -2.06. The Morgan fingerprint density at radius 1 is 1.25 bits per heavy atom. The van der Waals surface area contributed by atoms with Gasteiger partial charge >= 0.3 is 5.97 Å². The first-order valence-corrected chi connectivity index (χ1v) is 6.37. The van der Waals surface area contributed by atoms with E-state index in [0.717, 1.165) is 0 Å². The van der Waals surface area contributed by atoms with Crippen LogP contribution in [0.3, 0.4) is 0 Å². The number of carbonyl (C=O) groups is 1. The van der Waals surface area contributed by atoms with Crippen LogP contribution in [0.15, 0.2) is 42.5 Å². The van der Waals surface area contributed by atoms with Crippen LogP contribution in [0.1, 0.15) is 15.9 Å². The largest absolute Gasteiger partial charge is 0.465 e. The van der Waals surface area contributed by atoms with Crippen molar-refractivity contribution in [2.45, 2.75) is 6.61 Å². The van der Waals surface area contributed by atoms with Crippen molar-refractivity contribution in [1.82, 2.24) is 0 Å². The van der Waals surface area contributed by atoms with E-state index >= 15 is 0 Å². The number of methoxy groups -OCH3 is 1. The van der Waals surface area contributed by atoms with Crippen LogP contribution in [0.25, 0.3) is 0 Å². The fraction of sp³-hybridized carbons (Fsp3) is 0.133. The van der Waals surface area contributed by atoms with Crippen LogP contribution in [0.4, 0.5) is 11.4 Å². The molecule has 2 aromatic carbocycles. The van der Waals surface area contributed by atoms with Crippen molar-refractivity contribution in [3.8, 4) is 0 Å². The van der Waals surface area contributed by atoms with E-state index in [0.29, 0.717) is 27.5 Å². The molecule has 0 heterocycles. The van der Waals surface area contributed by atoms with Crippen molar-refractivity contribution in [1.29, 1.82) is 0 Å². The fourth-order valence-electron chi connectivity index (χ4n) is 1.84. The number of benzene rings is 2. The smallest absolute Gasteiger partial charge is 0.339 e. The standard InChI is InChI=1S/C15H14ClNO3/c1-20-15(19)12-4-2-3-5-14(12)17-13-7-6-11(16)8-10(13)9-18/h2-8,17-18H,9H2,1H3. The average molecular weight is 292 g/mol. The third kappa shape index (κ3) is 3.10. The van der Waals surface area contributed by atoms with Gasteiger partial charge in [-0.05, 0) is 30.3 Å². The second-order valence-corrected chi connectivity index (χ2v) is 4.56. The quantitative estimate of drug-likeness (QED) is 0.848. The zero-order valence-corrected chi connectivity index (χ0v) is 11.6. The Hall–Kier alpha value is -2.04. The van der Waals surface area contributed by atoms with Gasteiger partial charge in [-0.3, -0.25) is 0 Å². The summed E-state index contributed by atoms with van der Waals surface area (Å²) in [5, 5.41) is 13.0. The first kappa shape index (κ1) is 14.4. The first-order chi connectivity index (χ1) is 9.65. The zero-order valence-electron chi connectivity index (χ0n) is 10.9. The van der Waals surface area contributed by atoms with E-state index in [1.807, 2.05) is 6.07 Å². The molecule has 0 amide bonds. The van der Waals surface area contributed by atoms with Crippen LogP contribution < -0.4 is 5.32 Å². The minimum absolute atomic E-state index is 0.150. The summed E-state index contributed by atoms with van der Waals surface area (Å²) in [6, 6.07) is 12.1. The van der Waals surface area contributed by atoms with Gasteiger partial charge in [0.05, 0.1) is 25.0 Å². The lowest BCUT2D eigenvalue weighted by molar-refractivity contribution is 0.0602. The highest BCUT2D eigenvalue weighted by Gasteiger charge is 2.12. The number of carbonyl (C=O) groups excluding carboxylic acids is 1. The van der Waals surface area contributed by atoms with Gasteiger partial charge in [0.2, 0.25) is 0 Å². The van der Waals surface area contributed by atoms with Crippen LogP contribution in [-0.2, 0) is 11.3 Å². The summed E-state index contributed by atoms with van der Waals surface area (Å²) in [5.41, 5.74) is 2.37. The summed E-state index contributed by atoms with van der Waals surface area (Å²) in [7, 11) is 1.33. The molecule has 104 valence electrons. The van der Waals surface area contributed by atoms with Crippen molar-refractivity contribution in [2.75, 3.05) is 12.4 Å². The first-order valence-electron chi connectivity index (χ1n) is 5.99. The normalized spacial score (nSPS) is 10.2. The van der Waals surface area contributed by atoms with Gasteiger partial charge in [0.25, 0.3) is 0 Å². The van der Waals surface area contributed by atoms with Gasteiger partial charge in [-0.2, -0.15) is 0 Å². The molecule has 0 aliphatic rings. The molecule has 0 spiro atoms. The maximum absolute atomic E-state index is 11.7. The van der Waals surface area contributed by atoms with E-state index in [2.05, 4.69) is 5.32 Å². The lowest BCUT2D eigenvalue weighted by atomic mass is 10.1. The second-order valence-electron chi connectivity index (χ2n) is 4.12. The third-order valence-corrected chi connectivity index (χ3v) is 3.07. The average Bonchev–Trinajstić information content (AvgIpc) is 2.48. The molecule has 2 N–H and O–H groups in total. The minimum atomic E-state index is -0.424. The molecule has 20 heavy (non-hydrogen) atoms. The highest BCUT2D eigenvalue weighted by Crippen LogP contribution is 2.26. The number of aliphatic hydroxyl groups excluding tert-OH is 1. The fourth-order valence-corrected chi connectivity index (χ4v) is 2.03. The molecule has 5 heteroatoms. The Morgan fingerprint density at radius 3 is 2.70 bits per heavy atom. The number of ether oxygens (including phenoxy) is 1. The van der Waals surface area contributed by atoms with Crippen LogP contribution >= 0.6 is 11.6 Å². The summed E-state index contributed by atoms with van der Waals surface area (Å²) < 4.78 is 4.74. The Kier molecular flexibility index (Phi) is 4.61. The molecule has 0 saturated carbocycles. The molecule has 0 aliphatic heterocycles.